The molecule has 1 N–H and O–H groups in total. The predicted octanol–water partition coefficient (Wildman–Crippen LogP) is 3.05. The van der Waals surface area contributed by atoms with Gasteiger partial charge in [-0.05, 0) is 43.3 Å². The normalized spacial score (nSPS) is 17.6. The lowest BCUT2D eigenvalue weighted by Crippen LogP contribution is -2.51. The van der Waals surface area contributed by atoms with E-state index >= 15 is 0 Å². The minimum atomic E-state index is -0.123. The molecule has 94 valence electrons. The summed E-state index contributed by atoms with van der Waals surface area (Å²) < 4.78 is 0. The van der Waals surface area contributed by atoms with E-state index in [9.17, 15) is 4.79 Å². The highest BCUT2D eigenvalue weighted by Gasteiger charge is 2.36. The van der Waals surface area contributed by atoms with Gasteiger partial charge in [0.15, 0.2) is 0 Å². The first-order chi connectivity index (χ1) is 8.58. The lowest BCUT2D eigenvalue weighted by molar-refractivity contribution is 0.0494. The number of H-pyrrole nitrogens is 1. The Morgan fingerprint density at radius 3 is 3.00 bits per heavy atom. The molecule has 0 saturated carbocycles. The Morgan fingerprint density at radius 2 is 2.28 bits per heavy atom. The molecule has 0 aliphatic carbocycles. The van der Waals surface area contributed by atoms with Crippen molar-refractivity contribution >= 4 is 17.2 Å². The highest BCUT2D eigenvalue weighted by molar-refractivity contribution is 7.10. The fourth-order valence-electron chi connectivity index (χ4n) is 2.54. The van der Waals surface area contributed by atoms with E-state index in [-0.39, 0.29) is 11.4 Å². The lowest BCUT2D eigenvalue weighted by atomic mass is 9.89. The minimum Gasteiger partial charge on any atom is -0.367 e. The summed E-state index contributed by atoms with van der Waals surface area (Å²) >= 11 is 1.74. The van der Waals surface area contributed by atoms with E-state index in [2.05, 4.69) is 30.3 Å². The van der Waals surface area contributed by atoms with Crippen molar-refractivity contribution in [2.75, 3.05) is 0 Å². The molecule has 0 bridgehead atoms. The third-order valence-electron chi connectivity index (χ3n) is 3.58. The van der Waals surface area contributed by atoms with Crippen molar-refractivity contribution in [2.45, 2.75) is 32.4 Å². The van der Waals surface area contributed by atoms with Gasteiger partial charge in [-0.25, -0.2) is 0 Å². The molecule has 2 aromatic rings. The van der Waals surface area contributed by atoms with Gasteiger partial charge in [0.1, 0.15) is 0 Å². The number of fused-ring (bicyclic) bond motifs is 1. The van der Waals surface area contributed by atoms with E-state index in [1.807, 2.05) is 11.0 Å². The quantitative estimate of drug-likeness (QED) is 0.840. The molecule has 1 aliphatic rings. The topological polar surface area (TPSA) is 36.1 Å². The largest absolute Gasteiger partial charge is 0.367 e. The Hall–Kier alpha value is -1.55. The Labute approximate surface area is 110 Å². The Balaban J connectivity index is 1.95. The maximum Gasteiger partial charge on any atom is 0.256 e. The van der Waals surface area contributed by atoms with Crippen LogP contribution in [-0.4, -0.2) is 21.3 Å². The second kappa shape index (κ2) is 3.99. The van der Waals surface area contributed by atoms with Crippen LogP contribution in [0, 0.1) is 0 Å². The number of carbonyl (C=O) groups is 1. The maximum atomic E-state index is 12.5. The zero-order chi connectivity index (χ0) is 12.8. The number of nitrogens with zero attached hydrogens (tertiary/aromatic N) is 1. The number of amides is 1. The molecule has 4 heteroatoms. The van der Waals surface area contributed by atoms with Crippen LogP contribution in [0.5, 0.6) is 0 Å². The van der Waals surface area contributed by atoms with Crippen molar-refractivity contribution in [1.82, 2.24) is 9.88 Å². The van der Waals surface area contributed by atoms with Gasteiger partial charge < -0.3 is 9.88 Å². The van der Waals surface area contributed by atoms with Crippen LogP contribution in [0.2, 0.25) is 0 Å². The van der Waals surface area contributed by atoms with Crippen LogP contribution < -0.4 is 0 Å². The van der Waals surface area contributed by atoms with Gasteiger partial charge in [-0.1, -0.05) is 0 Å². The standard InChI is InChI=1S/C14H16N2OS/c1-14(2)7-10-4-6-18-12(10)9-16(14)13(17)11-3-5-15-8-11/h3-6,8,15H,7,9H2,1-2H3. The van der Waals surface area contributed by atoms with E-state index in [1.165, 1.54) is 10.4 Å². The molecule has 3 nitrogen and oxygen atoms in total. The molecule has 1 amide bonds. The number of nitrogens with one attached hydrogen (secondary N) is 1. The van der Waals surface area contributed by atoms with Crippen LogP contribution in [0.15, 0.2) is 29.9 Å². The third-order valence-corrected chi connectivity index (χ3v) is 4.53. The summed E-state index contributed by atoms with van der Waals surface area (Å²) in [5.41, 5.74) is 2.01. The van der Waals surface area contributed by atoms with Gasteiger partial charge in [-0.15, -0.1) is 11.3 Å². The molecule has 0 spiro atoms. The van der Waals surface area contributed by atoms with E-state index in [0.717, 1.165) is 18.5 Å². The Morgan fingerprint density at radius 1 is 1.44 bits per heavy atom. The first kappa shape index (κ1) is 11.5. The smallest absolute Gasteiger partial charge is 0.256 e. The number of carbonyl (C=O) groups excluding carboxylic acids is 1. The highest BCUT2D eigenvalue weighted by atomic mass is 32.1. The van der Waals surface area contributed by atoms with Gasteiger partial charge >= 0.3 is 0 Å². The van der Waals surface area contributed by atoms with Crippen LogP contribution >= 0.6 is 11.3 Å². The monoisotopic (exact) mass is 260 g/mol. The average molecular weight is 260 g/mol. The lowest BCUT2D eigenvalue weighted by Gasteiger charge is -2.42. The summed E-state index contributed by atoms with van der Waals surface area (Å²) in [6, 6.07) is 4.02. The van der Waals surface area contributed by atoms with Crippen molar-refractivity contribution in [2.24, 2.45) is 0 Å². The van der Waals surface area contributed by atoms with E-state index in [1.54, 1.807) is 23.7 Å². The predicted molar refractivity (Wildman–Crippen MR) is 72.8 cm³/mol. The van der Waals surface area contributed by atoms with E-state index in [0.29, 0.717) is 0 Å². The summed E-state index contributed by atoms with van der Waals surface area (Å²) in [5.74, 6) is 0.111. The van der Waals surface area contributed by atoms with Crippen molar-refractivity contribution < 1.29 is 4.79 Å². The number of rotatable bonds is 1. The molecule has 0 fully saturated rings. The second-order valence-corrected chi connectivity index (χ2v) is 6.35. The molecule has 0 radical (unpaired) electrons. The fraction of sp³-hybridized carbons (Fsp3) is 0.357. The molecular formula is C14H16N2OS. The van der Waals surface area contributed by atoms with Crippen LogP contribution in [-0.2, 0) is 13.0 Å². The van der Waals surface area contributed by atoms with Crippen LogP contribution in [0.25, 0.3) is 0 Å². The SMILES string of the molecule is CC1(C)Cc2ccsc2CN1C(=O)c1cc[nH]c1. The van der Waals surface area contributed by atoms with Crippen LogP contribution in [0.3, 0.4) is 0 Å². The number of aromatic amines is 1. The molecule has 0 saturated heterocycles. The molecule has 0 atom stereocenters. The summed E-state index contributed by atoms with van der Waals surface area (Å²) in [6.07, 6.45) is 4.49. The Kier molecular flexibility index (Phi) is 2.55. The molecule has 18 heavy (non-hydrogen) atoms. The second-order valence-electron chi connectivity index (χ2n) is 5.35. The van der Waals surface area contributed by atoms with Gasteiger partial charge in [-0.3, -0.25) is 4.79 Å². The molecule has 3 rings (SSSR count). The number of aromatic nitrogens is 1. The molecule has 0 aromatic carbocycles. The number of hydrogen-bond acceptors (Lipinski definition) is 2. The van der Waals surface area contributed by atoms with Crippen LogP contribution in [0.4, 0.5) is 0 Å². The summed E-state index contributed by atoms with van der Waals surface area (Å²) in [7, 11) is 0. The van der Waals surface area contributed by atoms with Crippen molar-refractivity contribution in [1.29, 1.82) is 0 Å². The summed E-state index contributed by atoms with van der Waals surface area (Å²) in [6.45, 7) is 5.00. The fourth-order valence-corrected chi connectivity index (χ4v) is 3.43. The zero-order valence-corrected chi connectivity index (χ0v) is 11.4. The summed E-state index contributed by atoms with van der Waals surface area (Å²) in [4.78, 5) is 18.8. The van der Waals surface area contributed by atoms with Crippen molar-refractivity contribution in [3.05, 3.63) is 45.9 Å². The molecular weight excluding hydrogens is 244 g/mol. The number of thiophene rings is 1. The van der Waals surface area contributed by atoms with E-state index in [4.69, 9.17) is 0 Å². The zero-order valence-electron chi connectivity index (χ0n) is 10.6. The first-order valence-corrected chi connectivity index (χ1v) is 6.96. The van der Waals surface area contributed by atoms with Crippen molar-refractivity contribution in [3.63, 3.8) is 0 Å². The molecule has 0 unspecified atom stereocenters. The van der Waals surface area contributed by atoms with Crippen LogP contribution in [0.1, 0.15) is 34.6 Å². The Bertz CT molecular complexity index is 568. The first-order valence-electron chi connectivity index (χ1n) is 6.08. The van der Waals surface area contributed by atoms with E-state index < -0.39 is 0 Å². The van der Waals surface area contributed by atoms with Gasteiger partial charge in [-0.2, -0.15) is 0 Å². The third kappa shape index (κ3) is 1.77. The van der Waals surface area contributed by atoms with Gasteiger partial charge in [0, 0.05) is 22.8 Å². The average Bonchev–Trinajstić information content (AvgIpc) is 2.95. The highest BCUT2D eigenvalue weighted by Crippen LogP contribution is 2.34. The van der Waals surface area contributed by atoms with Gasteiger partial charge in [0.2, 0.25) is 0 Å². The molecule has 3 heterocycles. The number of hydrogen-bond donors (Lipinski definition) is 1. The summed E-state index contributed by atoms with van der Waals surface area (Å²) in [5, 5.41) is 2.12. The van der Waals surface area contributed by atoms with Crippen molar-refractivity contribution in [3.8, 4) is 0 Å². The molecule has 1 aliphatic heterocycles. The van der Waals surface area contributed by atoms with Gasteiger partial charge in [0.25, 0.3) is 5.91 Å². The minimum absolute atomic E-state index is 0.111. The van der Waals surface area contributed by atoms with Gasteiger partial charge in [0.05, 0.1) is 12.1 Å². The maximum absolute atomic E-state index is 12.5. The molecule has 2 aromatic heterocycles.